The highest BCUT2D eigenvalue weighted by molar-refractivity contribution is 5.83. The van der Waals surface area contributed by atoms with Crippen molar-refractivity contribution in [1.82, 2.24) is 0 Å². The van der Waals surface area contributed by atoms with Gasteiger partial charge in [0.25, 0.3) is 0 Å². The number of aliphatic hydroxyl groups is 6. The molecule has 4 aliphatic carbocycles. The van der Waals surface area contributed by atoms with Crippen LogP contribution in [-0.4, -0.2) is 133 Å². The Bertz CT molecular complexity index is 1230. The molecule has 8 N–H and O–H groups in total. The minimum absolute atomic E-state index is 0.0290. The molecule has 15 nitrogen and oxygen atoms in total. The second-order valence-corrected chi connectivity index (χ2v) is 15.6. The molecule has 2 heterocycles. The SMILES string of the molecule is C[C@]12CC[C@H](OC3O[C@H](C(=O)O)[C@@H](O)[C@H](O)[C@H]3O)C[C@H]1CC[C@@H]1[C@@H]2CC[C@]2(C)[C@@H](C(=O)COC3O[C@H](C(=O)O)[C@@H](O)[C@H](O)[C@H]3O)CC[C@@H]12. The molecule has 0 aromatic carbocycles. The minimum Gasteiger partial charge on any atom is -0.479 e. The van der Waals surface area contributed by atoms with E-state index in [2.05, 4.69) is 13.8 Å². The third-order valence-corrected chi connectivity index (χ3v) is 13.3. The number of ketones is 1. The van der Waals surface area contributed by atoms with Crippen LogP contribution in [0, 0.1) is 40.4 Å². The van der Waals surface area contributed by atoms with Gasteiger partial charge in [0.1, 0.15) is 43.2 Å². The minimum atomic E-state index is -1.84. The normalized spacial score (nSPS) is 52.1. The fraction of sp³-hybridized carbons (Fsp3) is 0.909. The Morgan fingerprint density at radius 1 is 0.667 bits per heavy atom. The summed E-state index contributed by atoms with van der Waals surface area (Å²) in [6, 6.07) is 0. The van der Waals surface area contributed by atoms with Gasteiger partial charge in [0, 0.05) is 5.92 Å². The Kier molecular flexibility index (Phi) is 10.1. The van der Waals surface area contributed by atoms with Crippen molar-refractivity contribution in [3.8, 4) is 0 Å². The highest BCUT2D eigenvalue weighted by atomic mass is 16.7. The van der Waals surface area contributed by atoms with Crippen molar-refractivity contribution in [3.05, 3.63) is 0 Å². The average Bonchev–Trinajstić information content (AvgIpc) is 3.40. The number of rotatable bonds is 8. The molecule has 4 saturated carbocycles. The lowest BCUT2D eigenvalue weighted by atomic mass is 9.44. The van der Waals surface area contributed by atoms with Crippen LogP contribution in [0.2, 0.25) is 0 Å². The molecule has 0 spiro atoms. The van der Waals surface area contributed by atoms with E-state index in [0.29, 0.717) is 42.9 Å². The summed E-state index contributed by atoms with van der Waals surface area (Å²) in [5.41, 5.74) is -0.224. The summed E-state index contributed by atoms with van der Waals surface area (Å²) in [5, 5.41) is 79.7. The fourth-order valence-electron chi connectivity index (χ4n) is 10.7. The van der Waals surface area contributed by atoms with E-state index in [-0.39, 0.29) is 28.6 Å². The van der Waals surface area contributed by atoms with Crippen molar-refractivity contribution in [3.63, 3.8) is 0 Å². The number of carboxylic acid groups (broad SMARTS) is 2. The Morgan fingerprint density at radius 2 is 1.23 bits per heavy atom. The number of hydrogen-bond donors (Lipinski definition) is 8. The fourth-order valence-corrected chi connectivity index (χ4v) is 10.7. The zero-order valence-electron chi connectivity index (χ0n) is 27.2. The molecular formula is C33H50O15. The van der Waals surface area contributed by atoms with Gasteiger partial charge in [-0.15, -0.1) is 0 Å². The van der Waals surface area contributed by atoms with Crippen LogP contribution in [0.25, 0.3) is 0 Å². The van der Waals surface area contributed by atoms with Gasteiger partial charge in [0.15, 0.2) is 30.6 Å². The lowest BCUT2D eigenvalue weighted by molar-refractivity contribution is -0.309. The van der Waals surface area contributed by atoms with E-state index in [4.69, 9.17) is 18.9 Å². The molecule has 18 atom stereocenters. The lowest BCUT2D eigenvalue weighted by Gasteiger charge is -2.61. The molecule has 6 rings (SSSR count). The molecule has 0 radical (unpaired) electrons. The summed E-state index contributed by atoms with van der Waals surface area (Å²) in [4.78, 5) is 36.6. The van der Waals surface area contributed by atoms with Crippen molar-refractivity contribution in [2.75, 3.05) is 6.61 Å². The summed E-state index contributed by atoms with van der Waals surface area (Å²) < 4.78 is 22.2. The topological polar surface area (TPSA) is 250 Å². The van der Waals surface area contributed by atoms with E-state index < -0.39 is 80.0 Å². The van der Waals surface area contributed by atoms with Crippen molar-refractivity contribution < 1.29 is 74.2 Å². The first kappa shape index (κ1) is 36.0. The molecule has 2 unspecified atom stereocenters. The third kappa shape index (κ3) is 6.01. The molecule has 0 aromatic rings. The van der Waals surface area contributed by atoms with E-state index in [1.54, 1.807) is 0 Å². The van der Waals surface area contributed by atoms with E-state index >= 15 is 0 Å². The largest absolute Gasteiger partial charge is 0.479 e. The van der Waals surface area contributed by atoms with Crippen molar-refractivity contribution in [2.24, 2.45) is 40.4 Å². The zero-order valence-corrected chi connectivity index (χ0v) is 27.2. The predicted octanol–water partition coefficient (Wildman–Crippen LogP) is -0.599. The van der Waals surface area contributed by atoms with Crippen molar-refractivity contribution in [2.45, 2.75) is 139 Å². The molecule has 6 aliphatic rings. The standard InChI is InChI=1S/C33H50O15/c1-32-9-7-14(46-31-25(40)21(36)23(38)27(48-31)29(43)44)11-13(32)3-4-15-16-5-6-18(33(16,2)10-8-17(15)32)19(34)12-45-30-24(39)20(35)22(37)26(47-30)28(41)42/h13-18,20-27,30-31,35-40H,3-12H2,1-2H3,(H,41,42)(H,43,44)/t13-,14+,15+,16+,17+,18-,20+,21+,22+,23+,24-,25-,26+,27+,30?,31?,32+,33+/m1/s1. The lowest BCUT2D eigenvalue weighted by Crippen LogP contribution is -2.61. The smallest absolute Gasteiger partial charge is 0.335 e. The van der Waals surface area contributed by atoms with Crippen LogP contribution in [0.4, 0.5) is 0 Å². The van der Waals surface area contributed by atoms with Gasteiger partial charge in [-0.2, -0.15) is 0 Å². The molecule has 48 heavy (non-hydrogen) atoms. The van der Waals surface area contributed by atoms with Crippen LogP contribution in [0.1, 0.15) is 71.6 Å². The predicted molar refractivity (Wildman–Crippen MR) is 160 cm³/mol. The van der Waals surface area contributed by atoms with E-state index in [9.17, 15) is 55.2 Å². The van der Waals surface area contributed by atoms with Gasteiger partial charge in [-0.3, -0.25) is 4.79 Å². The highest BCUT2D eigenvalue weighted by Gasteiger charge is 2.61. The number of carbonyl (C=O) groups is 3. The van der Waals surface area contributed by atoms with Gasteiger partial charge in [-0.05, 0) is 92.3 Å². The summed E-state index contributed by atoms with van der Waals surface area (Å²) in [6.07, 6.45) is -9.63. The van der Waals surface area contributed by atoms with Gasteiger partial charge in [0.05, 0.1) is 6.10 Å². The van der Waals surface area contributed by atoms with Crippen LogP contribution < -0.4 is 0 Å². The van der Waals surface area contributed by atoms with Gasteiger partial charge in [-0.25, -0.2) is 9.59 Å². The number of aliphatic carboxylic acids is 2. The number of carboxylic acids is 2. The van der Waals surface area contributed by atoms with Gasteiger partial charge in [-0.1, -0.05) is 13.8 Å². The molecule has 15 heteroatoms. The van der Waals surface area contributed by atoms with Gasteiger partial charge >= 0.3 is 11.9 Å². The number of hydrogen-bond acceptors (Lipinski definition) is 13. The molecule has 2 aliphatic heterocycles. The number of Topliss-reactive ketones (excluding diaryl/α,β-unsaturated/α-hetero) is 1. The highest BCUT2D eigenvalue weighted by Crippen LogP contribution is 2.67. The summed E-state index contributed by atoms with van der Waals surface area (Å²) in [6.45, 7) is 4.11. The molecule has 0 aromatic heterocycles. The molecule has 6 fully saturated rings. The maximum atomic E-state index is 13.6. The second kappa shape index (κ2) is 13.4. The van der Waals surface area contributed by atoms with Crippen molar-refractivity contribution >= 4 is 17.7 Å². The zero-order chi connectivity index (χ0) is 34.9. The van der Waals surface area contributed by atoms with Crippen LogP contribution in [0.15, 0.2) is 0 Å². The molecular weight excluding hydrogens is 636 g/mol. The van der Waals surface area contributed by atoms with Gasteiger partial charge < -0.3 is 59.8 Å². The number of aliphatic hydroxyl groups excluding tert-OH is 6. The third-order valence-electron chi connectivity index (χ3n) is 13.3. The summed E-state index contributed by atoms with van der Waals surface area (Å²) >= 11 is 0. The summed E-state index contributed by atoms with van der Waals surface area (Å²) in [7, 11) is 0. The van der Waals surface area contributed by atoms with Gasteiger partial charge in [0.2, 0.25) is 0 Å². The maximum Gasteiger partial charge on any atom is 0.335 e. The quantitative estimate of drug-likeness (QED) is 0.149. The van der Waals surface area contributed by atoms with Crippen LogP contribution >= 0.6 is 0 Å². The average molecular weight is 687 g/mol. The maximum absolute atomic E-state index is 13.6. The Balaban J connectivity index is 1.06. The van der Waals surface area contributed by atoms with Crippen LogP contribution in [0.5, 0.6) is 0 Å². The Morgan fingerprint density at radius 3 is 1.85 bits per heavy atom. The Hall–Kier alpha value is -1.79. The second-order valence-electron chi connectivity index (χ2n) is 15.6. The van der Waals surface area contributed by atoms with E-state index in [1.807, 2.05) is 0 Å². The molecule has 2 saturated heterocycles. The number of ether oxygens (including phenoxy) is 4. The molecule has 272 valence electrons. The monoisotopic (exact) mass is 686 g/mol. The number of fused-ring (bicyclic) bond motifs is 5. The first-order valence-electron chi connectivity index (χ1n) is 17.2. The van der Waals surface area contributed by atoms with Crippen LogP contribution in [0.3, 0.4) is 0 Å². The van der Waals surface area contributed by atoms with Crippen molar-refractivity contribution in [1.29, 1.82) is 0 Å². The first-order chi connectivity index (χ1) is 22.6. The van der Waals surface area contributed by atoms with E-state index in [1.165, 1.54) is 0 Å². The first-order valence-corrected chi connectivity index (χ1v) is 17.2. The summed E-state index contributed by atoms with van der Waals surface area (Å²) in [5.74, 6) is -1.89. The molecule has 0 amide bonds. The molecule has 0 bridgehead atoms. The van der Waals surface area contributed by atoms with E-state index in [0.717, 1.165) is 38.5 Å². The Labute approximate surface area is 278 Å². The van der Waals surface area contributed by atoms with Crippen LogP contribution in [-0.2, 0) is 33.3 Å². The number of carbonyl (C=O) groups excluding carboxylic acids is 1.